The van der Waals surface area contributed by atoms with Crippen LogP contribution in [0.1, 0.15) is 26.7 Å². The Hall–Kier alpha value is -0.120. The molecule has 1 heterocycles. The fourth-order valence-electron chi connectivity index (χ4n) is 2.28. The lowest BCUT2D eigenvalue weighted by Crippen LogP contribution is -2.42. The number of hydrogen-bond donors (Lipinski definition) is 1. The third-order valence-electron chi connectivity index (χ3n) is 3.22. The third-order valence-corrected chi connectivity index (χ3v) is 3.22. The molecular formula is C12H26N2O. The van der Waals surface area contributed by atoms with Crippen molar-refractivity contribution >= 4 is 0 Å². The molecule has 1 N–H and O–H groups in total. The third kappa shape index (κ3) is 4.96. The first-order valence-electron chi connectivity index (χ1n) is 6.21. The van der Waals surface area contributed by atoms with Crippen LogP contribution < -0.4 is 5.32 Å². The number of ether oxygens (including phenoxy) is 1. The first kappa shape index (κ1) is 12.9. The number of hydrogen-bond acceptors (Lipinski definition) is 3. The summed E-state index contributed by atoms with van der Waals surface area (Å²) in [5, 5.41) is 3.55. The van der Waals surface area contributed by atoms with Gasteiger partial charge < -0.3 is 15.0 Å². The molecule has 0 bridgehead atoms. The Balaban J connectivity index is 2.14. The van der Waals surface area contributed by atoms with Crippen LogP contribution in [0, 0.1) is 5.92 Å². The summed E-state index contributed by atoms with van der Waals surface area (Å²) in [6.07, 6.45) is 2.74. The molecule has 3 nitrogen and oxygen atoms in total. The molecular weight excluding hydrogens is 188 g/mol. The smallest absolute Gasteiger partial charge is 0.0613 e. The second-order valence-electron chi connectivity index (χ2n) is 4.67. The molecule has 90 valence electrons. The van der Waals surface area contributed by atoms with Crippen molar-refractivity contribution < 1.29 is 4.74 Å². The van der Waals surface area contributed by atoms with Crippen LogP contribution in [0.25, 0.3) is 0 Å². The maximum atomic E-state index is 5.11. The molecule has 0 aliphatic carbocycles. The van der Waals surface area contributed by atoms with Gasteiger partial charge in [0.2, 0.25) is 0 Å². The zero-order valence-corrected chi connectivity index (χ0v) is 10.5. The molecule has 1 aliphatic rings. The number of nitrogens with one attached hydrogen (secondary N) is 1. The van der Waals surface area contributed by atoms with Crippen molar-refractivity contribution in [2.45, 2.75) is 32.7 Å². The van der Waals surface area contributed by atoms with E-state index in [2.05, 4.69) is 24.1 Å². The van der Waals surface area contributed by atoms with Crippen LogP contribution >= 0.6 is 0 Å². The van der Waals surface area contributed by atoms with Crippen LogP contribution in [0.2, 0.25) is 0 Å². The van der Waals surface area contributed by atoms with Crippen LogP contribution in [0.15, 0.2) is 0 Å². The summed E-state index contributed by atoms with van der Waals surface area (Å²) < 4.78 is 5.11. The van der Waals surface area contributed by atoms with Crippen molar-refractivity contribution in [3.05, 3.63) is 0 Å². The normalized spacial score (nSPS) is 25.4. The highest BCUT2D eigenvalue weighted by atomic mass is 16.5. The van der Waals surface area contributed by atoms with Gasteiger partial charge in [0.25, 0.3) is 0 Å². The van der Waals surface area contributed by atoms with Crippen LogP contribution in [0.5, 0.6) is 0 Å². The molecule has 0 aromatic carbocycles. The highest BCUT2D eigenvalue weighted by Crippen LogP contribution is 2.15. The van der Waals surface area contributed by atoms with Crippen LogP contribution in [-0.2, 0) is 4.74 Å². The molecule has 0 aromatic rings. The lowest BCUT2D eigenvalue weighted by molar-refractivity contribution is 0.153. The van der Waals surface area contributed by atoms with Gasteiger partial charge in [-0.05, 0) is 45.3 Å². The van der Waals surface area contributed by atoms with Gasteiger partial charge in [0.15, 0.2) is 0 Å². The summed E-state index contributed by atoms with van der Waals surface area (Å²) in [7, 11) is 1.76. The van der Waals surface area contributed by atoms with Gasteiger partial charge in [0.1, 0.15) is 0 Å². The largest absolute Gasteiger partial charge is 0.383 e. The van der Waals surface area contributed by atoms with E-state index in [0.717, 1.165) is 19.1 Å². The molecule has 0 spiro atoms. The monoisotopic (exact) mass is 214 g/mol. The average Bonchev–Trinajstić information content (AvgIpc) is 2.27. The Kier molecular flexibility index (Phi) is 6.22. The summed E-state index contributed by atoms with van der Waals surface area (Å²) in [5.74, 6) is 0.831. The minimum absolute atomic E-state index is 0.479. The van der Waals surface area contributed by atoms with Crippen molar-refractivity contribution in [3.63, 3.8) is 0 Å². The standard InChI is InChI=1S/C12H26N2O/c1-4-14-7-5-6-12(9-14)8-13-11(2)10-15-3/h11-13H,4-10H2,1-3H3. The van der Waals surface area contributed by atoms with Crippen LogP contribution in [0.3, 0.4) is 0 Å². The van der Waals surface area contributed by atoms with Crippen molar-refractivity contribution in [1.29, 1.82) is 0 Å². The van der Waals surface area contributed by atoms with E-state index in [0.29, 0.717) is 6.04 Å². The van der Waals surface area contributed by atoms with Crippen molar-refractivity contribution in [2.24, 2.45) is 5.92 Å². The Morgan fingerprint density at radius 1 is 1.53 bits per heavy atom. The average molecular weight is 214 g/mol. The lowest BCUT2D eigenvalue weighted by atomic mass is 9.98. The van der Waals surface area contributed by atoms with E-state index in [9.17, 15) is 0 Å². The molecule has 1 rings (SSSR count). The summed E-state index contributed by atoms with van der Waals surface area (Å²) in [5.41, 5.74) is 0. The number of nitrogens with zero attached hydrogens (tertiary/aromatic N) is 1. The Bertz CT molecular complexity index is 164. The maximum absolute atomic E-state index is 5.11. The summed E-state index contributed by atoms with van der Waals surface area (Å²) in [6, 6.07) is 0.479. The Labute approximate surface area is 94.2 Å². The number of likely N-dealkylation sites (tertiary alicyclic amines) is 1. The first-order chi connectivity index (χ1) is 7.26. The van der Waals surface area contributed by atoms with Crippen molar-refractivity contribution in [1.82, 2.24) is 10.2 Å². The minimum atomic E-state index is 0.479. The fraction of sp³-hybridized carbons (Fsp3) is 1.00. The molecule has 1 fully saturated rings. The van der Waals surface area contributed by atoms with E-state index in [-0.39, 0.29) is 0 Å². The first-order valence-corrected chi connectivity index (χ1v) is 6.21. The Morgan fingerprint density at radius 2 is 2.33 bits per heavy atom. The predicted molar refractivity (Wildman–Crippen MR) is 64.2 cm³/mol. The van der Waals surface area contributed by atoms with Gasteiger partial charge in [-0.3, -0.25) is 0 Å². The van der Waals surface area contributed by atoms with E-state index >= 15 is 0 Å². The second kappa shape index (κ2) is 7.20. The maximum Gasteiger partial charge on any atom is 0.0613 e. The van der Waals surface area contributed by atoms with Crippen LogP contribution in [-0.4, -0.2) is 50.8 Å². The van der Waals surface area contributed by atoms with Gasteiger partial charge >= 0.3 is 0 Å². The van der Waals surface area contributed by atoms with Gasteiger partial charge in [0, 0.05) is 19.7 Å². The SMILES string of the molecule is CCN1CCCC(CNC(C)COC)C1. The zero-order chi connectivity index (χ0) is 11.1. The number of piperidine rings is 1. The lowest BCUT2D eigenvalue weighted by Gasteiger charge is -2.32. The van der Waals surface area contributed by atoms with Gasteiger partial charge in [-0.25, -0.2) is 0 Å². The molecule has 3 heteroatoms. The summed E-state index contributed by atoms with van der Waals surface area (Å²) in [4.78, 5) is 2.55. The summed E-state index contributed by atoms with van der Waals surface area (Å²) in [6.45, 7) is 10.1. The van der Waals surface area contributed by atoms with Gasteiger partial charge in [-0.15, -0.1) is 0 Å². The molecule has 0 aromatic heterocycles. The van der Waals surface area contributed by atoms with Gasteiger partial charge in [-0.2, -0.15) is 0 Å². The number of methoxy groups -OCH3 is 1. The van der Waals surface area contributed by atoms with E-state index in [1.165, 1.54) is 32.5 Å². The molecule has 1 aliphatic heterocycles. The molecule has 15 heavy (non-hydrogen) atoms. The van der Waals surface area contributed by atoms with E-state index in [4.69, 9.17) is 4.74 Å². The van der Waals surface area contributed by atoms with Gasteiger partial charge in [0.05, 0.1) is 6.61 Å². The highest BCUT2D eigenvalue weighted by Gasteiger charge is 2.18. The predicted octanol–water partition coefficient (Wildman–Crippen LogP) is 1.34. The van der Waals surface area contributed by atoms with E-state index in [1.54, 1.807) is 7.11 Å². The molecule has 0 amide bonds. The fourth-order valence-corrected chi connectivity index (χ4v) is 2.28. The second-order valence-corrected chi connectivity index (χ2v) is 4.67. The van der Waals surface area contributed by atoms with Crippen LogP contribution in [0.4, 0.5) is 0 Å². The van der Waals surface area contributed by atoms with Crippen molar-refractivity contribution in [3.8, 4) is 0 Å². The molecule has 2 unspecified atom stereocenters. The minimum Gasteiger partial charge on any atom is -0.383 e. The van der Waals surface area contributed by atoms with E-state index in [1.807, 2.05) is 0 Å². The molecule has 0 saturated carbocycles. The summed E-state index contributed by atoms with van der Waals surface area (Å²) >= 11 is 0. The number of rotatable bonds is 6. The highest BCUT2D eigenvalue weighted by molar-refractivity contribution is 4.75. The molecule has 0 radical (unpaired) electrons. The van der Waals surface area contributed by atoms with Gasteiger partial charge in [-0.1, -0.05) is 6.92 Å². The quantitative estimate of drug-likeness (QED) is 0.722. The Morgan fingerprint density at radius 3 is 3.00 bits per heavy atom. The van der Waals surface area contributed by atoms with Crippen molar-refractivity contribution in [2.75, 3.05) is 39.9 Å². The van der Waals surface area contributed by atoms with E-state index < -0.39 is 0 Å². The topological polar surface area (TPSA) is 24.5 Å². The molecule has 1 saturated heterocycles. The molecule has 2 atom stereocenters. The zero-order valence-electron chi connectivity index (χ0n) is 10.5.